The molecule has 2 heterocycles. The Kier molecular flexibility index (Phi) is 6.82. The first-order valence-electron chi connectivity index (χ1n) is 11.8. The van der Waals surface area contributed by atoms with Crippen LogP contribution >= 0.6 is 0 Å². The number of carbonyl (C=O) groups excluding carboxylic acids is 2. The second kappa shape index (κ2) is 9.82. The highest BCUT2D eigenvalue weighted by Crippen LogP contribution is 2.33. The molecule has 8 heteroatoms. The number of rotatable bonds is 7. The van der Waals surface area contributed by atoms with Gasteiger partial charge in [-0.25, -0.2) is 4.68 Å². The van der Waals surface area contributed by atoms with E-state index in [0.717, 1.165) is 23.4 Å². The molecule has 1 N–H and O–H groups in total. The molecule has 0 aliphatic carbocycles. The molecule has 0 spiro atoms. The lowest BCUT2D eigenvalue weighted by Crippen LogP contribution is -2.38. The Labute approximate surface area is 205 Å². The average Bonchev–Trinajstić information content (AvgIpc) is 3.45. The maximum absolute atomic E-state index is 13.2. The van der Waals surface area contributed by atoms with E-state index in [1.165, 1.54) is 0 Å². The van der Waals surface area contributed by atoms with Gasteiger partial charge in [-0.15, -0.1) is 0 Å². The molecule has 0 saturated heterocycles. The fourth-order valence-electron chi connectivity index (χ4n) is 3.81. The predicted molar refractivity (Wildman–Crippen MR) is 134 cm³/mol. The lowest BCUT2D eigenvalue weighted by atomic mass is 9.92. The topological polar surface area (TPSA) is 85.7 Å². The zero-order valence-corrected chi connectivity index (χ0v) is 20.9. The SMILES string of the molecule is CCCN(CC(=O)Nc1cc(C(C)(C)C)nn1-c1ccc(C)cc1)C(=O)c1ccc2c(c1)OCO2. The van der Waals surface area contributed by atoms with Gasteiger partial charge in [0, 0.05) is 23.6 Å². The number of aromatic nitrogens is 2. The molecule has 0 radical (unpaired) electrons. The first kappa shape index (κ1) is 24.3. The fourth-order valence-corrected chi connectivity index (χ4v) is 3.81. The Morgan fingerprint density at radius 1 is 1.06 bits per heavy atom. The summed E-state index contributed by atoms with van der Waals surface area (Å²) in [5.41, 5.74) is 3.10. The summed E-state index contributed by atoms with van der Waals surface area (Å²) in [5.74, 6) is 1.19. The third-order valence-electron chi connectivity index (χ3n) is 5.76. The Balaban J connectivity index is 1.55. The second-order valence-electron chi connectivity index (χ2n) is 9.76. The first-order valence-corrected chi connectivity index (χ1v) is 11.8. The van der Waals surface area contributed by atoms with Gasteiger partial charge >= 0.3 is 0 Å². The lowest BCUT2D eigenvalue weighted by molar-refractivity contribution is -0.116. The van der Waals surface area contributed by atoms with E-state index in [1.54, 1.807) is 27.8 Å². The predicted octanol–water partition coefficient (Wildman–Crippen LogP) is 4.70. The summed E-state index contributed by atoms with van der Waals surface area (Å²) < 4.78 is 12.5. The molecule has 2 amide bonds. The van der Waals surface area contributed by atoms with Gasteiger partial charge in [0.2, 0.25) is 12.7 Å². The first-order chi connectivity index (χ1) is 16.7. The standard InChI is InChI=1S/C27H32N4O4/c1-6-13-30(26(33)19-9-12-21-22(14-19)35-17-34-21)16-25(32)28-24-15-23(27(3,4)5)29-31(24)20-10-7-18(2)8-11-20/h7-12,14-15H,6,13,16-17H2,1-5H3,(H,28,32). The maximum atomic E-state index is 13.2. The van der Waals surface area contributed by atoms with E-state index < -0.39 is 0 Å². The van der Waals surface area contributed by atoms with Crippen LogP contribution in [0.2, 0.25) is 0 Å². The largest absolute Gasteiger partial charge is 0.454 e. The molecular formula is C27H32N4O4. The molecule has 3 aromatic rings. The molecule has 184 valence electrons. The van der Waals surface area contributed by atoms with Crippen molar-refractivity contribution >= 4 is 17.6 Å². The van der Waals surface area contributed by atoms with Crippen molar-refractivity contribution in [1.82, 2.24) is 14.7 Å². The Morgan fingerprint density at radius 3 is 2.46 bits per heavy atom. The van der Waals surface area contributed by atoms with E-state index in [-0.39, 0.29) is 30.6 Å². The minimum atomic E-state index is -0.290. The monoisotopic (exact) mass is 476 g/mol. The van der Waals surface area contributed by atoms with Crippen LogP contribution in [0, 0.1) is 6.92 Å². The summed E-state index contributed by atoms with van der Waals surface area (Å²) in [6.07, 6.45) is 0.721. The molecule has 1 aliphatic heterocycles. The Morgan fingerprint density at radius 2 is 1.77 bits per heavy atom. The van der Waals surface area contributed by atoms with Crippen LogP contribution in [0.4, 0.5) is 5.82 Å². The molecule has 8 nitrogen and oxygen atoms in total. The number of aryl methyl sites for hydroxylation is 1. The van der Waals surface area contributed by atoms with Crippen molar-refractivity contribution in [1.29, 1.82) is 0 Å². The highest BCUT2D eigenvalue weighted by atomic mass is 16.7. The van der Waals surface area contributed by atoms with Crippen LogP contribution < -0.4 is 14.8 Å². The van der Waals surface area contributed by atoms with Crippen LogP contribution in [0.5, 0.6) is 11.5 Å². The number of amides is 2. The number of anilines is 1. The van der Waals surface area contributed by atoms with Crippen molar-refractivity contribution in [3.05, 3.63) is 65.4 Å². The molecular weight excluding hydrogens is 444 g/mol. The number of benzene rings is 2. The van der Waals surface area contributed by atoms with Gasteiger partial charge in [-0.1, -0.05) is 45.4 Å². The summed E-state index contributed by atoms with van der Waals surface area (Å²) in [6.45, 7) is 10.7. The van der Waals surface area contributed by atoms with Crippen LogP contribution in [0.3, 0.4) is 0 Å². The molecule has 2 aromatic carbocycles. The van der Waals surface area contributed by atoms with Gasteiger partial charge in [-0.3, -0.25) is 9.59 Å². The summed E-state index contributed by atoms with van der Waals surface area (Å²) in [5, 5.41) is 7.74. The number of carbonyl (C=O) groups is 2. The van der Waals surface area contributed by atoms with Crippen LogP contribution in [0.25, 0.3) is 5.69 Å². The van der Waals surface area contributed by atoms with Crippen molar-refractivity contribution in [2.75, 3.05) is 25.2 Å². The smallest absolute Gasteiger partial charge is 0.254 e. The van der Waals surface area contributed by atoms with E-state index in [0.29, 0.717) is 29.4 Å². The molecule has 0 unspecified atom stereocenters. The van der Waals surface area contributed by atoms with E-state index >= 15 is 0 Å². The number of ether oxygens (including phenoxy) is 2. The van der Waals surface area contributed by atoms with Crippen LogP contribution in [0.1, 0.15) is 55.7 Å². The number of hydrogen-bond donors (Lipinski definition) is 1. The molecule has 0 saturated carbocycles. The summed E-state index contributed by atoms with van der Waals surface area (Å²) in [7, 11) is 0. The zero-order chi connectivity index (χ0) is 25.2. The summed E-state index contributed by atoms with van der Waals surface area (Å²) in [4.78, 5) is 27.9. The van der Waals surface area contributed by atoms with Crippen molar-refractivity contribution in [3.8, 4) is 17.2 Å². The highest BCUT2D eigenvalue weighted by Gasteiger charge is 2.24. The summed E-state index contributed by atoms with van der Waals surface area (Å²) >= 11 is 0. The van der Waals surface area contributed by atoms with Crippen LogP contribution in [0.15, 0.2) is 48.5 Å². The number of hydrogen-bond acceptors (Lipinski definition) is 5. The molecule has 0 bridgehead atoms. The zero-order valence-electron chi connectivity index (χ0n) is 20.9. The molecule has 4 rings (SSSR count). The molecule has 0 fully saturated rings. The van der Waals surface area contributed by atoms with Crippen molar-refractivity contribution in [2.24, 2.45) is 0 Å². The summed E-state index contributed by atoms with van der Waals surface area (Å²) in [6, 6.07) is 14.9. The van der Waals surface area contributed by atoms with Crippen molar-refractivity contribution in [2.45, 2.75) is 46.5 Å². The van der Waals surface area contributed by atoms with E-state index in [9.17, 15) is 9.59 Å². The molecule has 35 heavy (non-hydrogen) atoms. The van der Waals surface area contributed by atoms with Crippen LogP contribution in [-0.2, 0) is 10.2 Å². The normalized spacial score (nSPS) is 12.5. The van der Waals surface area contributed by atoms with Gasteiger partial charge in [-0.05, 0) is 43.7 Å². The third-order valence-corrected chi connectivity index (χ3v) is 5.76. The number of fused-ring (bicyclic) bond motifs is 1. The van der Waals surface area contributed by atoms with Gasteiger partial charge in [0.15, 0.2) is 11.5 Å². The highest BCUT2D eigenvalue weighted by molar-refractivity contribution is 5.99. The molecule has 1 aromatic heterocycles. The van der Waals surface area contributed by atoms with Gasteiger partial charge in [0.25, 0.3) is 5.91 Å². The van der Waals surface area contributed by atoms with Crippen molar-refractivity contribution < 1.29 is 19.1 Å². The maximum Gasteiger partial charge on any atom is 0.254 e. The van der Waals surface area contributed by atoms with Gasteiger partial charge in [0.05, 0.1) is 11.4 Å². The Bertz CT molecular complexity index is 1220. The van der Waals surface area contributed by atoms with Crippen LogP contribution in [-0.4, -0.2) is 46.4 Å². The number of nitrogens with zero attached hydrogens (tertiary/aromatic N) is 3. The van der Waals surface area contributed by atoms with Gasteiger partial charge in [-0.2, -0.15) is 5.10 Å². The van der Waals surface area contributed by atoms with Crippen molar-refractivity contribution in [3.63, 3.8) is 0 Å². The van der Waals surface area contributed by atoms with E-state index in [2.05, 4.69) is 26.1 Å². The van der Waals surface area contributed by atoms with E-state index in [1.807, 2.05) is 44.2 Å². The fraction of sp³-hybridized carbons (Fsp3) is 0.370. The quantitative estimate of drug-likeness (QED) is 0.534. The van der Waals surface area contributed by atoms with Gasteiger partial charge in [0.1, 0.15) is 12.4 Å². The average molecular weight is 477 g/mol. The minimum absolute atomic E-state index is 0.0783. The van der Waals surface area contributed by atoms with E-state index in [4.69, 9.17) is 14.6 Å². The second-order valence-corrected chi connectivity index (χ2v) is 9.76. The van der Waals surface area contributed by atoms with Gasteiger partial charge < -0.3 is 19.7 Å². The minimum Gasteiger partial charge on any atom is -0.454 e. The molecule has 0 atom stereocenters. The third kappa shape index (κ3) is 5.48. The molecule has 1 aliphatic rings. The Hall–Kier alpha value is -3.81. The lowest BCUT2D eigenvalue weighted by Gasteiger charge is -2.22. The number of nitrogens with one attached hydrogen (secondary N) is 1.